The minimum atomic E-state index is -3.58. The third kappa shape index (κ3) is 3.33. The Labute approximate surface area is 135 Å². The molecule has 0 fully saturated rings. The van der Waals surface area contributed by atoms with Crippen molar-refractivity contribution in [3.8, 4) is 5.75 Å². The Hall–Kier alpha value is -2.44. The van der Waals surface area contributed by atoms with Crippen LogP contribution in [-0.2, 0) is 16.6 Å². The third-order valence-corrected chi connectivity index (χ3v) is 4.98. The lowest BCUT2D eigenvalue weighted by Gasteiger charge is -2.09. The summed E-state index contributed by atoms with van der Waals surface area (Å²) in [5.41, 5.74) is 1.72. The number of fused-ring (bicyclic) bond motifs is 1. The summed E-state index contributed by atoms with van der Waals surface area (Å²) < 4.78 is 32.4. The van der Waals surface area contributed by atoms with Gasteiger partial charge in [-0.1, -0.05) is 18.2 Å². The third-order valence-electron chi connectivity index (χ3n) is 3.56. The molecule has 0 bridgehead atoms. The summed E-state index contributed by atoms with van der Waals surface area (Å²) in [6.45, 7) is 0.206. The Morgan fingerprint density at radius 2 is 1.78 bits per heavy atom. The molecule has 0 radical (unpaired) electrons. The highest BCUT2D eigenvalue weighted by Crippen LogP contribution is 2.18. The van der Waals surface area contributed by atoms with Gasteiger partial charge in [0, 0.05) is 18.1 Å². The highest BCUT2D eigenvalue weighted by atomic mass is 32.2. The van der Waals surface area contributed by atoms with E-state index in [4.69, 9.17) is 4.74 Å². The van der Waals surface area contributed by atoms with E-state index in [1.807, 2.05) is 30.3 Å². The van der Waals surface area contributed by atoms with Gasteiger partial charge in [-0.15, -0.1) is 0 Å². The monoisotopic (exact) mass is 328 g/mol. The molecule has 6 heteroatoms. The Balaban J connectivity index is 1.83. The van der Waals surface area contributed by atoms with Gasteiger partial charge in [-0.3, -0.25) is 4.98 Å². The molecule has 23 heavy (non-hydrogen) atoms. The van der Waals surface area contributed by atoms with Crippen molar-refractivity contribution in [3.63, 3.8) is 0 Å². The first-order chi connectivity index (χ1) is 11.1. The zero-order valence-electron chi connectivity index (χ0n) is 12.6. The largest absolute Gasteiger partial charge is 0.497 e. The summed E-state index contributed by atoms with van der Waals surface area (Å²) in [7, 11) is -2.04. The van der Waals surface area contributed by atoms with E-state index in [9.17, 15) is 8.42 Å². The van der Waals surface area contributed by atoms with E-state index in [0.29, 0.717) is 5.75 Å². The lowest BCUT2D eigenvalue weighted by molar-refractivity contribution is 0.414. The van der Waals surface area contributed by atoms with Crippen LogP contribution in [0.1, 0.15) is 5.56 Å². The van der Waals surface area contributed by atoms with E-state index in [2.05, 4.69) is 9.71 Å². The fourth-order valence-corrected chi connectivity index (χ4v) is 3.33. The van der Waals surface area contributed by atoms with E-state index >= 15 is 0 Å². The van der Waals surface area contributed by atoms with Crippen molar-refractivity contribution < 1.29 is 13.2 Å². The number of pyridine rings is 1. The van der Waals surface area contributed by atoms with Crippen LogP contribution in [0.2, 0.25) is 0 Å². The number of nitrogens with one attached hydrogen (secondary N) is 1. The van der Waals surface area contributed by atoms with Gasteiger partial charge in [0.15, 0.2) is 0 Å². The number of nitrogens with zero attached hydrogens (tertiary/aromatic N) is 1. The summed E-state index contributed by atoms with van der Waals surface area (Å²) in [4.78, 5) is 4.48. The number of hydrogen-bond donors (Lipinski definition) is 1. The second kappa shape index (κ2) is 6.36. The maximum Gasteiger partial charge on any atom is 0.240 e. The topological polar surface area (TPSA) is 68.3 Å². The van der Waals surface area contributed by atoms with E-state index in [1.54, 1.807) is 18.3 Å². The van der Waals surface area contributed by atoms with Crippen molar-refractivity contribution >= 4 is 20.9 Å². The van der Waals surface area contributed by atoms with E-state index in [0.717, 1.165) is 16.5 Å². The maximum absolute atomic E-state index is 12.4. The number of methoxy groups -OCH3 is 1. The van der Waals surface area contributed by atoms with Gasteiger partial charge in [-0.25, -0.2) is 13.1 Å². The van der Waals surface area contributed by atoms with Crippen molar-refractivity contribution in [1.82, 2.24) is 9.71 Å². The molecule has 0 aliphatic heterocycles. The first-order valence-electron chi connectivity index (χ1n) is 7.06. The molecule has 3 aromatic rings. The molecule has 0 saturated heterocycles. The van der Waals surface area contributed by atoms with Crippen molar-refractivity contribution in [1.29, 1.82) is 0 Å². The Morgan fingerprint density at radius 3 is 2.52 bits per heavy atom. The molecule has 2 aromatic carbocycles. The number of para-hydroxylation sites is 1. The number of ether oxygens (including phenoxy) is 1. The maximum atomic E-state index is 12.4. The summed E-state index contributed by atoms with van der Waals surface area (Å²) >= 11 is 0. The summed E-state index contributed by atoms with van der Waals surface area (Å²) in [6, 6.07) is 15.7. The Bertz CT molecular complexity index is 917. The molecule has 0 unspecified atom stereocenters. The molecular weight excluding hydrogens is 312 g/mol. The average molecular weight is 328 g/mol. The minimum Gasteiger partial charge on any atom is -0.497 e. The van der Waals surface area contributed by atoms with Crippen LogP contribution < -0.4 is 9.46 Å². The standard InChI is InChI=1S/C17H16N2O3S/c1-22-14-6-8-15(9-7-14)23(20,21)19-12-13-10-11-18-17-5-3-2-4-16(13)17/h2-11,19H,12H2,1H3. The fraction of sp³-hybridized carbons (Fsp3) is 0.118. The van der Waals surface area contributed by atoms with Gasteiger partial charge in [-0.05, 0) is 42.0 Å². The molecule has 0 aliphatic carbocycles. The zero-order valence-corrected chi connectivity index (χ0v) is 13.4. The van der Waals surface area contributed by atoms with E-state index in [1.165, 1.54) is 19.2 Å². The lowest BCUT2D eigenvalue weighted by Crippen LogP contribution is -2.23. The molecular formula is C17H16N2O3S. The molecule has 5 nitrogen and oxygen atoms in total. The van der Waals surface area contributed by atoms with Crippen LogP contribution in [0.5, 0.6) is 5.75 Å². The number of benzene rings is 2. The SMILES string of the molecule is COc1ccc(S(=O)(=O)NCc2ccnc3ccccc23)cc1. The molecule has 1 heterocycles. The smallest absolute Gasteiger partial charge is 0.240 e. The van der Waals surface area contributed by atoms with Gasteiger partial charge >= 0.3 is 0 Å². The van der Waals surface area contributed by atoms with Crippen LogP contribution in [0.25, 0.3) is 10.9 Å². The fourth-order valence-electron chi connectivity index (χ4n) is 2.32. The highest BCUT2D eigenvalue weighted by Gasteiger charge is 2.14. The highest BCUT2D eigenvalue weighted by molar-refractivity contribution is 7.89. The molecule has 0 aliphatic rings. The number of rotatable bonds is 5. The minimum absolute atomic E-state index is 0.205. The van der Waals surface area contributed by atoms with Crippen LogP contribution in [0.4, 0.5) is 0 Å². The molecule has 1 aromatic heterocycles. The Morgan fingerprint density at radius 1 is 1.04 bits per heavy atom. The van der Waals surface area contributed by atoms with Gasteiger partial charge < -0.3 is 4.74 Å². The normalized spacial score (nSPS) is 11.5. The van der Waals surface area contributed by atoms with Gasteiger partial charge in [-0.2, -0.15) is 0 Å². The van der Waals surface area contributed by atoms with Gasteiger partial charge in [0.1, 0.15) is 5.75 Å². The summed E-state index contributed by atoms with van der Waals surface area (Å²) in [5.74, 6) is 0.615. The van der Waals surface area contributed by atoms with Gasteiger partial charge in [0.05, 0.1) is 17.5 Å². The molecule has 3 rings (SSSR count). The van der Waals surface area contributed by atoms with Crippen LogP contribution in [0.15, 0.2) is 65.7 Å². The van der Waals surface area contributed by atoms with Crippen LogP contribution in [0, 0.1) is 0 Å². The second-order valence-electron chi connectivity index (χ2n) is 4.99. The number of aromatic nitrogens is 1. The number of sulfonamides is 1. The summed E-state index contributed by atoms with van der Waals surface area (Å²) in [6.07, 6.45) is 1.68. The quantitative estimate of drug-likeness (QED) is 0.782. The predicted molar refractivity (Wildman–Crippen MR) is 88.8 cm³/mol. The lowest BCUT2D eigenvalue weighted by atomic mass is 10.1. The van der Waals surface area contributed by atoms with E-state index < -0.39 is 10.0 Å². The Kier molecular flexibility index (Phi) is 4.27. The molecule has 0 spiro atoms. The second-order valence-corrected chi connectivity index (χ2v) is 6.75. The molecule has 1 N–H and O–H groups in total. The predicted octanol–water partition coefficient (Wildman–Crippen LogP) is 2.72. The summed E-state index contributed by atoms with van der Waals surface area (Å²) in [5, 5.41) is 0.937. The van der Waals surface area contributed by atoms with Gasteiger partial charge in [0.2, 0.25) is 10.0 Å². The van der Waals surface area contributed by atoms with E-state index in [-0.39, 0.29) is 11.4 Å². The molecule has 0 atom stereocenters. The van der Waals surface area contributed by atoms with Crippen molar-refractivity contribution in [2.75, 3.05) is 7.11 Å². The van der Waals surface area contributed by atoms with Crippen molar-refractivity contribution in [3.05, 3.63) is 66.4 Å². The van der Waals surface area contributed by atoms with Crippen molar-refractivity contribution in [2.24, 2.45) is 0 Å². The first kappa shape index (κ1) is 15.5. The molecule has 0 saturated carbocycles. The molecule has 0 amide bonds. The average Bonchev–Trinajstić information content (AvgIpc) is 2.60. The molecule has 118 valence electrons. The van der Waals surface area contributed by atoms with Crippen LogP contribution >= 0.6 is 0 Å². The van der Waals surface area contributed by atoms with Crippen LogP contribution in [0.3, 0.4) is 0 Å². The van der Waals surface area contributed by atoms with Gasteiger partial charge in [0.25, 0.3) is 0 Å². The number of hydrogen-bond acceptors (Lipinski definition) is 4. The zero-order chi connectivity index (χ0) is 16.3. The van der Waals surface area contributed by atoms with Crippen molar-refractivity contribution in [2.45, 2.75) is 11.4 Å². The first-order valence-corrected chi connectivity index (χ1v) is 8.55. The van der Waals surface area contributed by atoms with Crippen LogP contribution in [-0.4, -0.2) is 20.5 Å².